The van der Waals surface area contributed by atoms with Gasteiger partial charge in [-0.3, -0.25) is 0 Å². The molecule has 0 saturated heterocycles. The fourth-order valence-corrected chi connectivity index (χ4v) is 2.06. The van der Waals surface area contributed by atoms with Crippen molar-refractivity contribution in [3.8, 4) is 5.88 Å². The van der Waals surface area contributed by atoms with Crippen LogP contribution >= 0.6 is 12.6 Å². The molecule has 0 saturated carbocycles. The minimum atomic E-state index is -0.315. The second-order valence-corrected chi connectivity index (χ2v) is 4.67. The number of hydrogen-bond acceptors (Lipinski definition) is 7. The molecule has 6 nitrogen and oxygen atoms in total. The third kappa shape index (κ3) is 2.77. The number of benzene rings is 1. The first kappa shape index (κ1) is 13.3. The third-order valence-corrected chi connectivity index (χ3v) is 3.03. The first-order chi connectivity index (χ1) is 10.1. The molecule has 0 aliphatic carbocycles. The van der Waals surface area contributed by atoms with E-state index in [0.717, 1.165) is 10.9 Å². The van der Waals surface area contributed by atoms with Crippen LogP contribution in [-0.4, -0.2) is 26.3 Å². The highest BCUT2D eigenvalue weighted by molar-refractivity contribution is 7.80. The lowest BCUT2D eigenvalue weighted by atomic mass is 10.2. The van der Waals surface area contributed by atoms with Crippen LogP contribution in [0.4, 0.5) is 11.5 Å². The average Bonchev–Trinajstić information content (AvgIpc) is 2.46. The number of aliphatic imine (C=N–C) groups is 1. The minimum Gasteiger partial charge on any atom is -0.492 e. The Hall–Kier alpha value is -2.67. The van der Waals surface area contributed by atoms with Gasteiger partial charge in [0.15, 0.2) is 16.7 Å². The SMILES string of the molecule is Nc1nc(S)nc(O)c1/N=C/c1ccc2ccccc2n1. The largest absolute Gasteiger partial charge is 0.492 e. The normalized spacial score (nSPS) is 11.3. The predicted octanol–water partition coefficient (Wildman–Crippen LogP) is 2.35. The third-order valence-electron chi connectivity index (χ3n) is 2.83. The van der Waals surface area contributed by atoms with Crippen molar-refractivity contribution >= 4 is 41.3 Å². The molecule has 0 aliphatic rings. The van der Waals surface area contributed by atoms with Crippen LogP contribution in [0, 0.1) is 0 Å². The number of pyridine rings is 1. The van der Waals surface area contributed by atoms with Gasteiger partial charge in [-0.15, -0.1) is 12.6 Å². The number of hydrogen-bond donors (Lipinski definition) is 3. The number of nitrogen functional groups attached to an aromatic ring is 1. The topological polar surface area (TPSA) is 97.3 Å². The van der Waals surface area contributed by atoms with Gasteiger partial charge in [0.25, 0.3) is 0 Å². The molecule has 0 spiro atoms. The Bertz CT molecular complexity index is 827. The lowest BCUT2D eigenvalue weighted by Gasteiger charge is -2.02. The van der Waals surface area contributed by atoms with Crippen LogP contribution in [0.2, 0.25) is 0 Å². The highest BCUT2D eigenvalue weighted by Gasteiger charge is 2.08. The van der Waals surface area contributed by atoms with Gasteiger partial charge in [0, 0.05) is 5.39 Å². The van der Waals surface area contributed by atoms with Gasteiger partial charge in [0.2, 0.25) is 5.88 Å². The van der Waals surface area contributed by atoms with Crippen LogP contribution < -0.4 is 5.73 Å². The molecule has 7 heteroatoms. The summed E-state index contributed by atoms with van der Waals surface area (Å²) in [4.78, 5) is 16.1. The number of thiol groups is 1. The summed E-state index contributed by atoms with van der Waals surface area (Å²) in [6.45, 7) is 0. The summed E-state index contributed by atoms with van der Waals surface area (Å²) in [5.41, 5.74) is 7.29. The quantitative estimate of drug-likeness (QED) is 0.383. The fraction of sp³-hybridized carbons (Fsp3) is 0. The van der Waals surface area contributed by atoms with Gasteiger partial charge in [-0.05, 0) is 12.1 Å². The van der Waals surface area contributed by atoms with Crippen molar-refractivity contribution in [2.45, 2.75) is 5.16 Å². The Kier molecular flexibility index (Phi) is 3.41. The van der Waals surface area contributed by atoms with Crippen LogP contribution in [0.1, 0.15) is 5.69 Å². The maximum Gasteiger partial charge on any atom is 0.243 e. The van der Waals surface area contributed by atoms with Crippen molar-refractivity contribution in [1.82, 2.24) is 15.0 Å². The molecule has 0 atom stereocenters. The van der Waals surface area contributed by atoms with Crippen LogP contribution in [0.3, 0.4) is 0 Å². The van der Waals surface area contributed by atoms with E-state index in [1.807, 2.05) is 36.4 Å². The summed E-state index contributed by atoms with van der Waals surface area (Å²) < 4.78 is 0. The smallest absolute Gasteiger partial charge is 0.243 e. The Labute approximate surface area is 125 Å². The van der Waals surface area contributed by atoms with Crippen LogP contribution in [0.15, 0.2) is 46.5 Å². The summed E-state index contributed by atoms with van der Waals surface area (Å²) in [6.07, 6.45) is 1.50. The van der Waals surface area contributed by atoms with Crippen molar-refractivity contribution in [3.63, 3.8) is 0 Å². The molecule has 0 unspecified atom stereocenters. The van der Waals surface area contributed by atoms with Crippen LogP contribution in [0.25, 0.3) is 10.9 Å². The molecule has 0 aliphatic heterocycles. The highest BCUT2D eigenvalue weighted by Crippen LogP contribution is 2.29. The molecule has 0 amide bonds. The summed E-state index contributed by atoms with van der Waals surface area (Å²) in [5, 5.41) is 10.8. The van der Waals surface area contributed by atoms with Crippen molar-refractivity contribution in [1.29, 1.82) is 0 Å². The zero-order valence-corrected chi connectivity index (χ0v) is 11.7. The number of aromatic nitrogens is 3. The summed E-state index contributed by atoms with van der Waals surface area (Å²) in [5.74, 6) is -0.255. The maximum atomic E-state index is 9.71. The molecule has 1 aromatic carbocycles. The number of rotatable bonds is 2. The molecule has 0 radical (unpaired) electrons. The molecular formula is C14H11N5OS. The molecule has 3 rings (SSSR count). The standard InChI is InChI=1S/C14H11N5OS/c15-12-11(13(20)19-14(21)18-12)16-7-9-6-5-8-3-1-2-4-10(8)17-9/h1-7H,(H4,15,18,19,20,21)/b16-7+. The lowest BCUT2D eigenvalue weighted by Crippen LogP contribution is -1.95. The number of aromatic hydroxyl groups is 1. The van der Waals surface area contributed by atoms with E-state index in [2.05, 4.69) is 32.6 Å². The Morgan fingerprint density at radius 1 is 1.10 bits per heavy atom. The summed E-state index contributed by atoms with van der Waals surface area (Å²) in [7, 11) is 0. The van der Waals surface area contributed by atoms with E-state index in [4.69, 9.17) is 5.73 Å². The zero-order chi connectivity index (χ0) is 14.8. The highest BCUT2D eigenvalue weighted by atomic mass is 32.1. The van der Waals surface area contributed by atoms with Gasteiger partial charge in [-0.2, -0.15) is 4.98 Å². The Balaban J connectivity index is 1.98. The van der Waals surface area contributed by atoms with Gasteiger partial charge < -0.3 is 10.8 Å². The van der Waals surface area contributed by atoms with E-state index in [9.17, 15) is 5.11 Å². The van der Waals surface area contributed by atoms with Crippen molar-refractivity contribution in [2.24, 2.45) is 4.99 Å². The van der Waals surface area contributed by atoms with Gasteiger partial charge in [0.05, 0.1) is 17.4 Å². The van der Waals surface area contributed by atoms with E-state index in [-0.39, 0.29) is 22.5 Å². The second kappa shape index (κ2) is 5.37. The Morgan fingerprint density at radius 2 is 1.90 bits per heavy atom. The molecule has 21 heavy (non-hydrogen) atoms. The van der Waals surface area contributed by atoms with Crippen molar-refractivity contribution in [3.05, 3.63) is 42.1 Å². The number of fused-ring (bicyclic) bond motifs is 1. The number of para-hydroxylation sites is 1. The van der Waals surface area contributed by atoms with Gasteiger partial charge >= 0.3 is 0 Å². The van der Waals surface area contributed by atoms with E-state index < -0.39 is 0 Å². The second-order valence-electron chi connectivity index (χ2n) is 4.27. The summed E-state index contributed by atoms with van der Waals surface area (Å²) >= 11 is 3.92. The first-order valence-electron chi connectivity index (χ1n) is 6.09. The minimum absolute atomic E-state index is 0.0598. The number of anilines is 1. The van der Waals surface area contributed by atoms with E-state index in [1.165, 1.54) is 6.21 Å². The molecule has 2 heterocycles. The summed E-state index contributed by atoms with van der Waals surface area (Å²) in [6, 6.07) is 11.5. The molecule has 0 fully saturated rings. The van der Waals surface area contributed by atoms with Gasteiger partial charge in [-0.25, -0.2) is 15.0 Å². The molecule has 2 aromatic heterocycles. The Morgan fingerprint density at radius 3 is 2.71 bits per heavy atom. The zero-order valence-electron chi connectivity index (χ0n) is 10.8. The van der Waals surface area contributed by atoms with Gasteiger partial charge in [0.1, 0.15) is 0 Å². The maximum absolute atomic E-state index is 9.71. The van der Waals surface area contributed by atoms with Crippen LogP contribution in [0.5, 0.6) is 5.88 Å². The van der Waals surface area contributed by atoms with Gasteiger partial charge in [-0.1, -0.05) is 24.3 Å². The molecule has 104 valence electrons. The first-order valence-corrected chi connectivity index (χ1v) is 6.53. The van der Waals surface area contributed by atoms with E-state index >= 15 is 0 Å². The number of nitrogens with two attached hydrogens (primary N) is 1. The molecular weight excluding hydrogens is 286 g/mol. The van der Waals surface area contributed by atoms with Crippen LogP contribution in [-0.2, 0) is 0 Å². The number of nitrogens with zero attached hydrogens (tertiary/aromatic N) is 4. The molecule has 0 bridgehead atoms. The fourth-order valence-electron chi connectivity index (χ4n) is 1.86. The molecule has 3 aromatic rings. The lowest BCUT2D eigenvalue weighted by molar-refractivity contribution is 0.448. The van der Waals surface area contributed by atoms with E-state index in [1.54, 1.807) is 0 Å². The van der Waals surface area contributed by atoms with Crippen molar-refractivity contribution < 1.29 is 5.11 Å². The van der Waals surface area contributed by atoms with E-state index in [0.29, 0.717) is 5.69 Å². The molecule has 3 N–H and O–H groups in total. The monoisotopic (exact) mass is 297 g/mol. The van der Waals surface area contributed by atoms with Crippen molar-refractivity contribution in [2.75, 3.05) is 5.73 Å². The average molecular weight is 297 g/mol. The predicted molar refractivity (Wildman–Crippen MR) is 84.4 cm³/mol.